The maximum Gasteiger partial charge on any atom is 0.325 e. The van der Waals surface area contributed by atoms with Gasteiger partial charge in [-0.25, -0.2) is 9.78 Å². The first-order valence-corrected chi connectivity index (χ1v) is 8.36. The van der Waals surface area contributed by atoms with Gasteiger partial charge in [-0.3, -0.25) is 5.32 Å². The van der Waals surface area contributed by atoms with Gasteiger partial charge in [0.1, 0.15) is 11.6 Å². The van der Waals surface area contributed by atoms with Crippen molar-refractivity contribution in [3.05, 3.63) is 30.1 Å². The zero-order chi connectivity index (χ0) is 16.8. The molecule has 1 heterocycles. The molecule has 0 fully saturated rings. The van der Waals surface area contributed by atoms with Crippen LogP contribution in [0.1, 0.15) is 39.4 Å². The summed E-state index contributed by atoms with van der Waals surface area (Å²) in [5.74, 6) is 2.02. The van der Waals surface area contributed by atoms with Crippen molar-refractivity contribution < 1.29 is 9.53 Å². The van der Waals surface area contributed by atoms with Crippen LogP contribution in [0.15, 0.2) is 24.3 Å². The molecule has 0 bridgehead atoms. The molecule has 0 saturated carbocycles. The molecular formula is C16H22N4O2S. The molecule has 0 unspecified atom stereocenters. The third kappa shape index (κ3) is 5.21. The van der Waals surface area contributed by atoms with Gasteiger partial charge in [0.15, 0.2) is 0 Å². The third-order valence-electron chi connectivity index (χ3n) is 2.89. The number of rotatable bonds is 6. The van der Waals surface area contributed by atoms with Gasteiger partial charge < -0.3 is 10.1 Å². The topological polar surface area (TPSA) is 76.1 Å². The van der Waals surface area contributed by atoms with E-state index in [1.165, 1.54) is 11.5 Å². The van der Waals surface area contributed by atoms with E-state index in [-0.39, 0.29) is 11.9 Å². The van der Waals surface area contributed by atoms with Gasteiger partial charge in [-0.05, 0) is 18.1 Å². The van der Waals surface area contributed by atoms with Gasteiger partial charge in [0.2, 0.25) is 5.13 Å². The predicted octanol–water partition coefficient (Wildman–Crippen LogP) is 4.34. The Morgan fingerprint density at radius 1 is 1.22 bits per heavy atom. The maximum absolute atomic E-state index is 12.1. The molecule has 0 aliphatic heterocycles. The van der Waals surface area contributed by atoms with E-state index in [2.05, 4.69) is 33.8 Å². The van der Waals surface area contributed by atoms with Crippen LogP contribution < -0.4 is 15.4 Å². The average molecular weight is 334 g/mol. The van der Waals surface area contributed by atoms with E-state index in [0.29, 0.717) is 29.1 Å². The summed E-state index contributed by atoms with van der Waals surface area (Å²) >= 11 is 1.17. The minimum Gasteiger partial charge on any atom is -0.491 e. The summed E-state index contributed by atoms with van der Waals surface area (Å²) in [5.41, 5.74) is 0.624. The summed E-state index contributed by atoms with van der Waals surface area (Å²) in [6.45, 7) is 8.76. The van der Waals surface area contributed by atoms with E-state index in [0.717, 1.165) is 5.82 Å². The number of nitrogens with one attached hydrogen (secondary N) is 2. The number of urea groups is 1. The molecule has 0 aliphatic carbocycles. The lowest BCUT2D eigenvalue weighted by atomic mass is 10.2. The van der Waals surface area contributed by atoms with Crippen LogP contribution in [-0.4, -0.2) is 22.0 Å². The number of aromatic nitrogens is 2. The number of para-hydroxylation sites is 2. The Morgan fingerprint density at radius 3 is 2.61 bits per heavy atom. The van der Waals surface area contributed by atoms with Crippen LogP contribution in [0.25, 0.3) is 0 Å². The lowest BCUT2D eigenvalue weighted by Gasteiger charge is -2.13. The Hall–Kier alpha value is -2.15. The summed E-state index contributed by atoms with van der Waals surface area (Å²) in [5, 5.41) is 5.96. The monoisotopic (exact) mass is 334 g/mol. The lowest BCUT2D eigenvalue weighted by molar-refractivity contribution is 0.260. The van der Waals surface area contributed by atoms with Crippen LogP contribution in [0.2, 0.25) is 0 Å². The summed E-state index contributed by atoms with van der Waals surface area (Å²) in [6.07, 6.45) is 0. The fourth-order valence-electron chi connectivity index (χ4n) is 1.72. The SMILES string of the molecule is CC(C)COc1ccccc1NC(=O)Nc1nc(C(C)C)ns1. The second-order valence-corrected chi connectivity index (χ2v) is 6.64. The summed E-state index contributed by atoms with van der Waals surface area (Å²) < 4.78 is 9.92. The molecule has 2 rings (SSSR count). The van der Waals surface area contributed by atoms with Crippen LogP contribution in [0.5, 0.6) is 5.75 Å². The van der Waals surface area contributed by atoms with Gasteiger partial charge in [0, 0.05) is 17.5 Å². The smallest absolute Gasteiger partial charge is 0.325 e. The molecule has 23 heavy (non-hydrogen) atoms. The standard InChI is InChI=1S/C16H22N4O2S/c1-10(2)9-22-13-8-6-5-7-12(13)17-15(21)19-16-18-14(11(3)4)20-23-16/h5-8,10-11H,9H2,1-4H3,(H2,17,18,19,20,21). The molecule has 124 valence electrons. The predicted molar refractivity (Wildman–Crippen MR) is 93.4 cm³/mol. The first-order valence-electron chi connectivity index (χ1n) is 7.59. The van der Waals surface area contributed by atoms with E-state index >= 15 is 0 Å². The summed E-state index contributed by atoms with van der Waals surface area (Å²) in [6, 6.07) is 6.99. The molecular weight excluding hydrogens is 312 g/mol. The molecule has 1 aromatic heterocycles. The molecule has 2 N–H and O–H groups in total. The Morgan fingerprint density at radius 2 is 1.96 bits per heavy atom. The highest BCUT2D eigenvalue weighted by Crippen LogP contribution is 2.25. The fraction of sp³-hybridized carbons (Fsp3) is 0.438. The van der Waals surface area contributed by atoms with Crippen molar-refractivity contribution in [2.45, 2.75) is 33.6 Å². The van der Waals surface area contributed by atoms with Gasteiger partial charge >= 0.3 is 6.03 Å². The van der Waals surface area contributed by atoms with Gasteiger partial charge in [-0.2, -0.15) is 4.37 Å². The number of ether oxygens (including phenoxy) is 1. The lowest BCUT2D eigenvalue weighted by Crippen LogP contribution is -2.20. The molecule has 1 aromatic carbocycles. The van der Waals surface area contributed by atoms with Gasteiger partial charge in [-0.15, -0.1) is 0 Å². The largest absolute Gasteiger partial charge is 0.491 e. The minimum atomic E-state index is -0.364. The van der Waals surface area contributed by atoms with Gasteiger partial charge in [0.25, 0.3) is 0 Å². The molecule has 0 atom stereocenters. The number of hydrogen-bond donors (Lipinski definition) is 2. The summed E-state index contributed by atoms with van der Waals surface area (Å²) in [4.78, 5) is 16.4. The van der Waals surface area contributed by atoms with Crippen molar-refractivity contribution in [1.29, 1.82) is 0 Å². The second-order valence-electron chi connectivity index (χ2n) is 5.89. The van der Waals surface area contributed by atoms with Crippen LogP contribution in [0.4, 0.5) is 15.6 Å². The van der Waals surface area contributed by atoms with Crippen LogP contribution in [0.3, 0.4) is 0 Å². The van der Waals surface area contributed by atoms with Crippen molar-refractivity contribution >= 4 is 28.4 Å². The van der Waals surface area contributed by atoms with E-state index in [4.69, 9.17) is 4.74 Å². The Kier molecular flexibility index (Phi) is 5.92. The van der Waals surface area contributed by atoms with Crippen LogP contribution in [0, 0.1) is 5.92 Å². The quantitative estimate of drug-likeness (QED) is 0.824. The number of anilines is 2. The number of benzene rings is 1. The molecule has 0 radical (unpaired) electrons. The van der Waals surface area contributed by atoms with Crippen molar-refractivity contribution in [2.24, 2.45) is 5.92 Å². The molecule has 0 aliphatic rings. The summed E-state index contributed by atoms with van der Waals surface area (Å²) in [7, 11) is 0. The van der Waals surface area contributed by atoms with E-state index in [1.807, 2.05) is 32.0 Å². The number of hydrogen-bond acceptors (Lipinski definition) is 5. The zero-order valence-corrected chi connectivity index (χ0v) is 14.6. The Labute approximate surface area is 140 Å². The highest BCUT2D eigenvalue weighted by Gasteiger charge is 2.12. The Balaban J connectivity index is 1.99. The Bertz CT molecular complexity index is 655. The van der Waals surface area contributed by atoms with Crippen LogP contribution >= 0.6 is 11.5 Å². The molecule has 0 saturated heterocycles. The number of carbonyl (C=O) groups is 1. The minimum absolute atomic E-state index is 0.232. The number of amides is 2. The first kappa shape index (κ1) is 17.2. The highest BCUT2D eigenvalue weighted by atomic mass is 32.1. The fourth-order valence-corrected chi connectivity index (χ4v) is 2.43. The van der Waals surface area contributed by atoms with Crippen molar-refractivity contribution in [2.75, 3.05) is 17.2 Å². The number of carbonyl (C=O) groups excluding carboxylic acids is 1. The van der Waals surface area contributed by atoms with Crippen molar-refractivity contribution in [3.63, 3.8) is 0 Å². The third-order valence-corrected chi connectivity index (χ3v) is 3.53. The molecule has 2 aromatic rings. The van der Waals surface area contributed by atoms with E-state index in [9.17, 15) is 4.79 Å². The average Bonchev–Trinajstić information content (AvgIpc) is 2.95. The van der Waals surface area contributed by atoms with Crippen LogP contribution in [-0.2, 0) is 0 Å². The highest BCUT2D eigenvalue weighted by molar-refractivity contribution is 7.09. The molecule has 0 spiro atoms. The zero-order valence-electron chi connectivity index (χ0n) is 13.8. The normalized spacial score (nSPS) is 10.9. The van der Waals surface area contributed by atoms with Crippen molar-refractivity contribution in [1.82, 2.24) is 9.36 Å². The van der Waals surface area contributed by atoms with E-state index in [1.54, 1.807) is 6.07 Å². The van der Waals surface area contributed by atoms with Gasteiger partial charge in [-0.1, -0.05) is 39.8 Å². The van der Waals surface area contributed by atoms with Crippen molar-refractivity contribution in [3.8, 4) is 5.75 Å². The molecule has 7 heteroatoms. The van der Waals surface area contributed by atoms with Gasteiger partial charge in [0.05, 0.1) is 12.3 Å². The van der Waals surface area contributed by atoms with E-state index < -0.39 is 0 Å². The maximum atomic E-state index is 12.1. The molecule has 6 nitrogen and oxygen atoms in total. The second kappa shape index (κ2) is 7.92. The molecule has 2 amide bonds. The number of nitrogens with zero attached hydrogens (tertiary/aromatic N) is 2. The first-order chi connectivity index (χ1) is 11.0.